The van der Waals surface area contributed by atoms with Crippen LogP contribution in [-0.4, -0.2) is 73.2 Å². The van der Waals surface area contributed by atoms with E-state index in [0.717, 1.165) is 0 Å². The van der Waals surface area contributed by atoms with E-state index in [4.69, 9.17) is 28.4 Å². The van der Waals surface area contributed by atoms with Crippen LogP contribution in [0.4, 0.5) is 8.78 Å². The van der Waals surface area contributed by atoms with Crippen LogP contribution in [-0.2, 0) is 54.8 Å². The van der Waals surface area contributed by atoms with E-state index in [-0.39, 0.29) is 113 Å². The predicted octanol–water partition coefficient (Wildman–Crippen LogP) is 4.98. The summed E-state index contributed by atoms with van der Waals surface area (Å²) in [6.07, 6.45) is -0.000438. The van der Waals surface area contributed by atoms with Crippen molar-refractivity contribution in [3.05, 3.63) is 46.0 Å². The van der Waals surface area contributed by atoms with E-state index in [1.165, 1.54) is 24.0 Å². The molecule has 2 amide bonds. The lowest BCUT2D eigenvalue weighted by Gasteiger charge is -2.20. The number of ether oxygens (including phenoxy) is 6. The average Bonchev–Trinajstić information content (AvgIpc) is 3.68. The Bertz CT molecular complexity index is 1570. The van der Waals surface area contributed by atoms with Gasteiger partial charge in [-0.05, 0) is 51.0 Å². The molecule has 2 aromatic rings. The summed E-state index contributed by atoms with van der Waals surface area (Å²) in [5.74, 6) is -2.75. The first kappa shape index (κ1) is 37.2. The SMILES string of the molecule is CCOC(=O)CCC(=O)N1Cc2cc(OC)c(OCCCOc3c(OC)cc4c(c3F)CN(C(=O)CCC(=O)OC(C)(C)C)C4)c(F)c2C1. The molecule has 0 saturated carbocycles. The first-order valence-corrected chi connectivity index (χ1v) is 16.2. The number of carbonyl (C=O) groups is 4. The second-order valence-electron chi connectivity index (χ2n) is 12.7. The van der Waals surface area contributed by atoms with Gasteiger partial charge in [-0.1, -0.05) is 0 Å². The van der Waals surface area contributed by atoms with Crippen LogP contribution in [0.5, 0.6) is 23.0 Å². The molecule has 0 unspecified atom stereocenters. The highest BCUT2D eigenvalue weighted by Gasteiger charge is 2.32. The molecule has 2 aromatic carbocycles. The van der Waals surface area contributed by atoms with Gasteiger partial charge in [0, 0.05) is 56.6 Å². The van der Waals surface area contributed by atoms with Gasteiger partial charge in [-0.2, -0.15) is 0 Å². The number of amides is 2. The minimum Gasteiger partial charge on any atom is -0.493 e. The lowest BCUT2D eigenvalue weighted by Crippen LogP contribution is -2.28. The Morgan fingerprint density at radius 1 is 0.714 bits per heavy atom. The molecule has 2 aliphatic heterocycles. The summed E-state index contributed by atoms with van der Waals surface area (Å²) >= 11 is 0. The molecule has 4 rings (SSSR count). The molecule has 0 aliphatic carbocycles. The molecule has 0 fully saturated rings. The second kappa shape index (κ2) is 16.2. The molecule has 2 aliphatic rings. The van der Waals surface area contributed by atoms with Gasteiger partial charge < -0.3 is 38.2 Å². The molecule has 0 aromatic heterocycles. The van der Waals surface area contributed by atoms with Gasteiger partial charge in [0.25, 0.3) is 0 Å². The zero-order valence-corrected chi connectivity index (χ0v) is 28.9. The van der Waals surface area contributed by atoms with E-state index in [2.05, 4.69) is 0 Å². The monoisotopic (exact) mass is 690 g/mol. The van der Waals surface area contributed by atoms with Crippen molar-refractivity contribution < 1.29 is 56.4 Å². The number of halogens is 2. The van der Waals surface area contributed by atoms with Gasteiger partial charge in [-0.25, -0.2) is 8.78 Å². The third-order valence-electron chi connectivity index (χ3n) is 7.92. The highest BCUT2D eigenvalue weighted by atomic mass is 19.1. The van der Waals surface area contributed by atoms with Crippen LogP contribution in [0.3, 0.4) is 0 Å². The van der Waals surface area contributed by atoms with Gasteiger partial charge in [0.1, 0.15) is 5.60 Å². The van der Waals surface area contributed by atoms with Crippen molar-refractivity contribution in [1.29, 1.82) is 0 Å². The van der Waals surface area contributed by atoms with Crippen molar-refractivity contribution in [3.63, 3.8) is 0 Å². The maximum atomic E-state index is 15.7. The Labute approximate surface area is 284 Å². The molecule has 268 valence electrons. The number of benzene rings is 2. The fraction of sp³-hybridized carbons (Fsp3) is 0.543. The third kappa shape index (κ3) is 9.30. The minimum atomic E-state index is -0.656. The maximum absolute atomic E-state index is 15.7. The molecule has 0 bridgehead atoms. The van der Waals surface area contributed by atoms with Crippen LogP contribution in [0.15, 0.2) is 12.1 Å². The van der Waals surface area contributed by atoms with Crippen LogP contribution in [0.1, 0.15) is 82.1 Å². The van der Waals surface area contributed by atoms with E-state index < -0.39 is 29.2 Å². The highest BCUT2D eigenvalue weighted by Crippen LogP contribution is 2.40. The smallest absolute Gasteiger partial charge is 0.306 e. The van der Waals surface area contributed by atoms with Crippen LogP contribution in [0, 0.1) is 11.6 Å². The van der Waals surface area contributed by atoms with Crippen molar-refractivity contribution in [2.45, 2.75) is 91.6 Å². The van der Waals surface area contributed by atoms with E-state index in [1.54, 1.807) is 39.8 Å². The molecular weight excluding hydrogens is 646 g/mol. The number of nitrogens with zero attached hydrogens (tertiary/aromatic N) is 2. The first-order valence-electron chi connectivity index (χ1n) is 16.2. The standard InChI is InChI=1S/C35H44F2N2O10/c1-7-46-29(42)11-9-27(40)38-17-21-15-25(44-5)33(31(36)23(21)19-38)47-13-8-14-48-34-26(45-6)16-22-18-39(20-24(22)32(34)37)28(41)10-12-30(43)49-35(2,3)4/h15-16H,7-14,17-20H2,1-6H3. The van der Waals surface area contributed by atoms with Crippen LogP contribution in [0.25, 0.3) is 0 Å². The van der Waals surface area contributed by atoms with Gasteiger partial charge in [-0.15, -0.1) is 0 Å². The van der Waals surface area contributed by atoms with E-state index in [0.29, 0.717) is 22.3 Å². The van der Waals surface area contributed by atoms with E-state index >= 15 is 8.78 Å². The molecule has 14 heteroatoms. The zero-order chi connectivity index (χ0) is 35.9. The molecular formula is C35H44F2N2O10. The number of carbonyl (C=O) groups excluding carboxylic acids is 4. The van der Waals surface area contributed by atoms with Crippen LogP contribution in [0.2, 0.25) is 0 Å². The Balaban J connectivity index is 1.32. The van der Waals surface area contributed by atoms with E-state index in [1.807, 2.05) is 0 Å². The molecule has 0 atom stereocenters. The van der Waals surface area contributed by atoms with Crippen LogP contribution >= 0.6 is 0 Å². The summed E-state index contributed by atoms with van der Waals surface area (Å²) < 4.78 is 63.6. The topological polar surface area (TPSA) is 130 Å². The van der Waals surface area contributed by atoms with Crippen molar-refractivity contribution in [2.24, 2.45) is 0 Å². The number of esters is 2. The molecule has 12 nitrogen and oxygen atoms in total. The molecule has 0 N–H and O–H groups in total. The van der Waals surface area contributed by atoms with E-state index in [9.17, 15) is 19.2 Å². The fourth-order valence-electron chi connectivity index (χ4n) is 5.62. The Hall–Kier alpha value is -4.62. The van der Waals surface area contributed by atoms with Gasteiger partial charge in [0.05, 0.1) is 46.9 Å². The zero-order valence-electron chi connectivity index (χ0n) is 28.9. The Kier molecular flexibility index (Phi) is 12.3. The number of fused-ring (bicyclic) bond motifs is 2. The van der Waals surface area contributed by atoms with Gasteiger partial charge in [-0.3, -0.25) is 19.2 Å². The van der Waals surface area contributed by atoms with Crippen molar-refractivity contribution in [1.82, 2.24) is 9.80 Å². The Morgan fingerprint density at radius 3 is 1.57 bits per heavy atom. The molecule has 0 saturated heterocycles. The first-order chi connectivity index (χ1) is 23.3. The number of methoxy groups -OCH3 is 2. The van der Waals surface area contributed by atoms with Gasteiger partial charge >= 0.3 is 11.9 Å². The quantitative estimate of drug-likeness (QED) is 0.186. The van der Waals surface area contributed by atoms with Crippen molar-refractivity contribution in [2.75, 3.05) is 34.0 Å². The fourth-order valence-corrected chi connectivity index (χ4v) is 5.62. The lowest BCUT2D eigenvalue weighted by atomic mass is 10.1. The number of rotatable bonds is 15. The normalized spacial score (nSPS) is 13.5. The van der Waals surface area contributed by atoms with Gasteiger partial charge in [0.2, 0.25) is 11.8 Å². The lowest BCUT2D eigenvalue weighted by molar-refractivity contribution is -0.156. The second-order valence-corrected chi connectivity index (χ2v) is 12.7. The summed E-state index contributed by atoms with van der Waals surface area (Å²) in [7, 11) is 2.76. The molecule has 0 radical (unpaired) electrons. The maximum Gasteiger partial charge on any atom is 0.306 e. The third-order valence-corrected chi connectivity index (χ3v) is 7.92. The molecule has 49 heavy (non-hydrogen) atoms. The summed E-state index contributed by atoms with van der Waals surface area (Å²) in [5.41, 5.74) is 1.11. The van der Waals surface area contributed by atoms with Crippen molar-refractivity contribution in [3.8, 4) is 23.0 Å². The summed E-state index contributed by atoms with van der Waals surface area (Å²) in [4.78, 5) is 52.1. The molecule has 0 spiro atoms. The number of hydrogen-bond acceptors (Lipinski definition) is 10. The van der Waals surface area contributed by atoms with Crippen LogP contribution < -0.4 is 18.9 Å². The predicted molar refractivity (Wildman–Crippen MR) is 171 cm³/mol. The number of hydrogen-bond donors (Lipinski definition) is 0. The summed E-state index contributed by atoms with van der Waals surface area (Å²) in [6, 6.07) is 3.25. The largest absolute Gasteiger partial charge is 0.493 e. The Morgan fingerprint density at radius 2 is 1.16 bits per heavy atom. The minimum absolute atomic E-state index is 0.00220. The van der Waals surface area contributed by atoms with Crippen molar-refractivity contribution >= 4 is 23.8 Å². The highest BCUT2D eigenvalue weighted by molar-refractivity contribution is 5.83. The van der Waals surface area contributed by atoms with Gasteiger partial charge in [0.15, 0.2) is 34.6 Å². The average molecular weight is 691 g/mol. The summed E-state index contributed by atoms with van der Waals surface area (Å²) in [6.45, 7) is 7.53. The summed E-state index contributed by atoms with van der Waals surface area (Å²) in [5, 5.41) is 0. The molecule has 2 heterocycles.